The Hall–Kier alpha value is -1.85. The number of nitrogens with one attached hydrogen (secondary N) is 2. The van der Waals surface area contributed by atoms with Crippen molar-refractivity contribution in [2.75, 3.05) is 13.1 Å². The molecule has 3 aliphatic rings. The van der Waals surface area contributed by atoms with Gasteiger partial charge in [-0.25, -0.2) is 0 Å². The highest BCUT2D eigenvalue weighted by Crippen LogP contribution is 2.45. The summed E-state index contributed by atoms with van der Waals surface area (Å²) in [5, 5.41) is 10.2. The molecule has 2 N–H and O–H groups in total. The van der Waals surface area contributed by atoms with Crippen LogP contribution in [0.5, 0.6) is 0 Å². The zero-order chi connectivity index (χ0) is 18.1. The minimum absolute atomic E-state index is 0.0929. The predicted octanol–water partition coefficient (Wildman–Crippen LogP) is 2.28. The summed E-state index contributed by atoms with van der Waals surface area (Å²) in [5.41, 5.74) is 1.10. The summed E-state index contributed by atoms with van der Waals surface area (Å²) in [6.07, 6.45) is 9.59. The summed E-state index contributed by atoms with van der Waals surface area (Å²) < 4.78 is 0. The third kappa shape index (κ3) is 3.51. The summed E-state index contributed by atoms with van der Waals surface area (Å²) in [4.78, 5) is 27.2. The first-order valence-electron chi connectivity index (χ1n) is 10.1. The summed E-state index contributed by atoms with van der Waals surface area (Å²) in [6.45, 7) is 3.78. The van der Waals surface area contributed by atoms with Gasteiger partial charge in [-0.1, -0.05) is 19.8 Å². The van der Waals surface area contributed by atoms with Crippen LogP contribution in [-0.2, 0) is 16.0 Å². The summed E-state index contributed by atoms with van der Waals surface area (Å²) in [7, 11) is 0. The molecule has 3 fully saturated rings. The van der Waals surface area contributed by atoms with Crippen molar-refractivity contribution in [1.29, 1.82) is 0 Å². The molecule has 2 heterocycles. The quantitative estimate of drug-likeness (QED) is 0.848. The van der Waals surface area contributed by atoms with Gasteiger partial charge in [0.05, 0.1) is 0 Å². The van der Waals surface area contributed by atoms with Crippen LogP contribution >= 0.6 is 0 Å². The molecule has 4 atom stereocenters. The molecule has 1 aromatic rings. The molecule has 2 unspecified atom stereocenters. The fourth-order valence-corrected chi connectivity index (χ4v) is 4.92. The first-order valence-corrected chi connectivity index (χ1v) is 10.1. The van der Waals surface area contributed by atoms with Crippen molar-refractivity contribution < 1.29 is 9.59 Å². The smallest absolute Gasteiger partial charge is 0.223 e. The van der Waals surface area contributed by atoms with Crippen LogP contribution < -0.4 is 5.32 Å². The highest BCUT2D eigenvalue weighted by atomic mass is 16.2. The van der Waals surface area contributed by atoms with E-state index < -0.39 is 0 Å². The number of H-pyrrole nitrogens is 1. The Morgan fingerprint density at radius 3 is 2.96 bits per heavy atom. The van der Waals surface area contributed by atoms with Gasteiger partial charge in [-0.15, -0.1) is 0 Å². The number of amides is 2. The van der Waals surface area contributed by atoms with Crippen LogP contribution in [0, 0.1) is 17.3 Å². The van der Waals surface area contributed by atoms with Gasteiger partial charge < -0.3 is 10.2 Å². The van der Waals surface area contributed by atoms with Crippen LogP contribution in [0.4, 0.5) is 0 Å². The van der Waals surface area contributed by atoms with Crippen LogP contribution in [0.3, 0.4) is 0 Å². The SMILES string of the molecule is C[C@H]1C[C@@H]1C(=O)NC1CCCCC12CCN(C(=O)CCc1ccn[nH]1)C2. The number of hydrogen-bond acceptors (Lipinski definition) is 3. The summed E-state index contributed by atoms with van der Waals surface area (Å²) in [5.74, 6) is 1.23. The van der Waals surface area contributed by atoms with E-state index in [1.54, 1.807) is 6.20 Å². The standard InChI is InChI=1S/C20H30N4O2/c1-14-12-16(14)19(26)22-17-4-2-3-8-20(17)9-11-24(13-20)18(25)6-5-15-7-10-21-23-15/h7,10,14,16-17H,2-6,8-9,11-13H2,1H3,(H,21,23)(H,22,26)/t14-,16-,17?,20?/m0/s1. The zero-order valence-corrected chi connectivity index (χ0v) is 15.7. The lowest BCUT2D eigenvalue weighted by molar-refractivity contribution is -0.130. The molecular weight excluding hydrogens is 328 g/mol. The molecule has 2 aliphatic carbocycles. The molecule has 26 heavy (non-hydrogen) atoms. The minimum Gasteiger partial charge on any atom is -0.352 e. The third-order valence-corrected chi connectivity index (χ3v) is 6.82. The normalized spacial score (nSPS) is 33.4. The van der Waals surface area contributed by atoms with Gasteiger partial charge in [-0.2, -0.15) is 5.10 Å². The summed E-state index contributed by atoms with van der Waals surface area (Å²) in [6, 6.07) is 2.16. The van der Waals surface area contributed by atoms with Gasteiger partial charge in [0.25, 0.3) is 0 Å². The molecule has 1 spiro atoms. The molecule has 1 aromatic heterocycles. The second-order valence-electron chi connectivity index (χ2n) is 8.64. The van der Waals surface area contributed by atoms with E-state index in [4.69, 9.17) is 0 Å². The van der Waals surface area contributed by atoms with Gasteiger partial charge in [-0.05, 0) is 44.1 Å². The average Bonchev–Trinajstić information content (AvgIpc) is 3.04. The molecule has 0 aromatic carbocycles. The highest BCUT2D eigenvalue weighted by molar-refractivity contribution is 5.82. The predicted molar refractivity (Wildman–Crippen MR) is 98.2 cm³/mol. The maximum Gasteiger partial charge on any atom is 0.223 e. The van der Waals surface area contributed by atoms with Crippen molar-refractivity contribution in [3.05, 3.63) is 18.0 Å². The van der Waals surface area contributed by atoms with Gasteiger partial charge in [0.2, 0.25) is 11.8 Å². The van der Waals surface area contributed by atoms with E-state index >= 15 is 0 Å². The van der Waals surface area contributed by atoms with Crippen molar-refractivity contribution in [1.82, 2.24) is 20.4 Å². The zero-order valence-electron chi connectivity index (χ0n) is 15.7. The number of carbonyl (C=O) groups excluding carboxylic acids is 2. The van der Waals surface area contributed by atoms with E-state index in [2.05, 4.69) is 22.4 Å². The largest absolute Gasteiger partial charge is 0.352 e. The van der Waals surface area contributed by atoms with Crippen LogP contribution in [-0.4, -0.2) is 46.0 Å². The first kappa shape index (κ1) is 17.6. The molecule has 142 valence electrons. The van der Waals surface area contributed by atoms with E-state index in [9.17, 15) is 9.59 Å². The first-order chi connectivity index (χ1) is 12.6. The lowest BCUT2D eigenvalue weighted by Crippen LogP contribution is -2.51. The fourth-order valence-electron chi connectivity index (χ4n) is 4.92. The van der Waals surface area contributed by atoms with E-state index in [1.807, 2.05) is 11.0 Å². The minimum atomic E-state index is 0.0929. The molecule has 1 aliphatic heterocycles. The number of carbonyl (C=O) groups is 2. The van der Waals surface area contributed by atoms with Crippen molar-refractivity contribution in [2.45, 2.75) is 64.3 Å². The number of aryl methyl sites for hydroxylation is 1. The molecule has 6 heteroatoms. The molecule has 2 saturated carbocycles. The van der Waals surface area contributed by atoms with Crippen LogP contribution in [0.15, 0.2) is 12.3 Å². The highest BCUT2D eigenvalue weighted by Gasteiger charge is 2.49. The Morgan fingerprint density at radius 2 is 2.23 bits per heavy atom. The second kappa shape index (κ2) is 7.05. The number of aromatic nitrogens is 2. The lowest BCUT2D eigenvalue weighted by Gasteiger charge is -2.41. The van der Waals surface area contributed by atoms with Gasteiger partial charge in [0, 0.05) is 48.8 Å². The number of rotatable bonds is 5. The van der Waals surface area contributed by atoms with E-state index in [0.717, 1.165) is 44.5 Å². The second-order valence-corrected chi connectivity index (χ2v) is 8.64. The van der Waals surface area contributed by atoms with Gasteiger partial charge >= 0.3 is 0 Å². The van der Waals surface area contributed by atoms with Gasteiger partial charge in [0.15, 0.2) is 0 Å². The van der Waals surface area contributed by atoms with E-state index in [-0.39, 0.29) is 29.2 Å². The molecule has 4 rings (SSSR count). The van der Waals surface area contributed by atoms with E-state index in [1.165, 1.54) is 12.8 Å². The number of nitrogens with zero attached hydrogens (tertiary/aromatic N) is 2. The Balaban J connectivity index is 1.35. The maximum atomic E-state index is 12.7. The maximum absolute atomic E-state index is 12.7. The van der Waals surface area contributed by atoms with Crippen molar-refractivity contribution in [3.63, 3.8) is 0 Å². The molecule has 2 amide bonds. The van der Waals surface area contributed by atoms with Crippen LogP contribution in [0.2, 0.25) is 0 Å². The Labute approximate surface area is 155 Å². The van der Waals surface area contributed by atoms with Crippen molar-refractivity contribution >= 4 is 11.8 Å². The molecular formula is C20H30N4O2. The Bertz CT molecular complexity index is 659. The third-order valence-electron chi connectivity index (χ3n) is 6.82. The molecule has 0 radical (unpaired) electrons. The van der Waals surface area contributed by atoms with Crippen molar-refractivity contribution in [2.24, 2.45) is 17.3 Å². The number of likely N-dealkylation sites (tertiary alicyclic amines) is 1. The Kier molecular flexibility index (Phi) is 4.76. The molecule has 6 nitrogen and oxygen atoms in total. The summed E-state index contributed by atoms with van der Waals surface area (Å²) >= 11 is 0. The lowest BCUT2D eigenvalue weighted by atomic mass is 9.69. The van der Waals surface area contributed by atoms with E-state index in [0.29, 0.717) is 18.8 Å². The topological polar surface area (TPSA) is 78.1 Å². The molecule has 1 saturated heterocycles. The molecule has 0 bridgehead atoms. The average molecular weight is 358 g/mol. The number of aromatic amines is 1. The monoisotopic (exact) mass is 358 g/mol. The van der Waals surface area contributed by atoms with Gasteiger partial charge in [-0.3, -0.25) is 14.7 Å². The van der Waals surface area contributed by atoms with Gasteiger partial charge in [0.1, 0.15) is 0 Å². The van der Waals surface area contributed by atoms with Crippen LogP contribution in [0.1, 0.15) is 57.6 Å². The number of hydrogen-bond donors (Lipinski definition) is 2. The van der Waals surface area contributed by atoms with Crippen molar-refractivity contribution in [3.8, 4) is 0 Å². The Morgan fingerprint density at radius 1 is 1.38 bits per heavy atom. The fraction of sp³-hybridized carbons (Fsp3) is 0.750. The van der Waals surface area contributed by atoms with Crippen LogP contribution in [0.25, 0.3) is 0 Å².